The van der Waals surface area contributed by atoms with Crippen LogP contribution < -0.4 is 14.2 Å². The Balaban J connectivity index is 2.18. The third-order valence-corrected chi connectivity index (χ3v) is 2.17. The second-order valence-electron chi connectivity index (χ2n) is 4.14. The Kier molecular flexibility index (Phi) is 3.17. The molecule has 1 aliphatic carbocycles. The van der Waals surface area contributed by atoms with Crippen molar-refractivity contribution in [2.75, 3.05) is 7.11 Å². The number of ether oxygens (including phenoxy) is 3. The summed E-state index contributed by atoms with van der Waals surface area (Å²) in [6, 6.07) is 3.63. The Bertz CT molecular complexity index is 361. The molecule has 0 atom stereocenters. The molecule has 0 saturated heterocycles. The molecule has 1 fully saturated rings. The van der Waals surface area contributed by atoms with Crippen LogP contribution in [-0.4, -0.2) is 24.3 Å². The maximum atomic E-state index is 5.71. The summed E-state index contributed by atoms with van der Waals surface area (Å²) >= 11 is 0. The lowest BCUT2D eigenvalue weighted by atomic mass is 10.4. The molecular formula is C12H17NO3. The van der Waals surface area contributed by atoms with Crippen LogP contribution in [0, 0.1) is 0 Å². The largest absolute Gasteiger partial charge is 0.485 e. The first-order valence-electron chi connectivity index (χ1n) is 5.57. The number of hydrogen-bond donors (Lipinski definition) is 0. The average molecular weight is 223 g/mol. The number of aromatic nitrogens is 1. The van der Waals surface area contributed by atoms with Gasteiger partial charge in [-0.15, -0.1) is 0 Å². The summed E-state index contributed by atoms with van der Waals surface area (Å²) in [7, 11) is 1.59. The fraction of sp³-hybridized carbons (Fsp3) is 0.583. The summed E-state index contributed by atoms with van der Waals surface area (Å²) in [6.45, 7) is 3.92. The van der Waals surface area contributed by atoms with E-state index >= 15 is 0 Å². The molecule has 1 saturated carbocycles. The molecule has 0 bridgehead atoms. The van der Waals surface area contributed by atoms with E-state index in [-0.39, 0.29) is 6.10 Å². The third-order valence-electron chi connectivity index (χ3n) is 2.17. The second-order valence-corrected chi connectivity index (χ2v) is 4.14. The summed E-state index contributed by atoms with van der Waals surface area (Å²) in [5, 5.41) is 0. The normalized spacial score (nSPS) is 15.0. The molecule has 4 heteroatoms. The van der Waals surface area contributed by atoms with Gasteiger partial charge >= 0.3 is 0 Å². The van der Waals surface area contributed by atoms with E-state index in [0.29, 0.717) is 23.6 Å². The molecule has 0 aromatic carbocycles. The summed E-state index contributed by atoms with van der Waals surface area (Å²) in [4.78, 5) is 4.24. The van der Waals surface area contributed by atoms with Crippen LogP contribution in [0.2, 0.25) is 0 Å². The Labute approximate surface area is 95.5 Å². The van der Waals surface area contributed by atoms with Gasteiger partial charge in [0.1, 0.15) is 0 Å². The fourth-order valence-corrected chi connectivity index (χ4v) is 1.29. The molecule has 1 aromatic rings. The van der Waals surface area contributed by atoms with Crippen molar-refractivity contribution in [3.05, 3.63) is 12.1 Å². The minimum atomic E-state index is 0.0705. The number of methoxy groups -OCH3 is 1. The maximum Gasteiger partial charge on any atom is 0.260 e. The zero-order valence-corrected chi connectivity index (χ0v) is 9.90. The monoisotopic (exact) mass is 223 g/mol. The van der Waals surface area contributed by atoms with E-state index in [2.05, 4.69) is 4.98 Å². The van der Waals surface area contributed by atoms with Crippen molar-refractivity contribution in [2.24, 2.45) is 0 Å². The average Bonchev–Trinajstić information content (AvgIpc) is 3.03. The van der Waals surface area contributed by atoms with Gasteiger partial charge in [0, 0.05) is 6.07 Å². The third kappa shape index (κ3) is 2.78. The van der Waals surface area contributed by atoms with E-state index < -0.39 is 0 Å². The van der Waals surface area contributed by atoms with Gasteiger partial charge in [-0.1, -0.05) is 0 Å². The van der Waals surface area contributed by atoms with Crippen molar-refractivity contribution in [3.63, 3.8) is 0 Å². The van der Waals surface area contributed by atoms with E-state index in [1.165, 1.54) is 0 Å². The van der Waals surface area contributed by atoms with Gasteiger partial charge in [0.25, 0.3) is 5.88 Å². The van der Waals surface area contributed by atoms with Gasteiger partial charge in [0.05, 0.1) is 19.3 Å². The number of nitrogens with zero attached hydrogens (tertiary/aromatic N) is 1. The maximum absolute atomic E-state index is 5.71. The SMILES string of the molecule is COc1ccc(OC2CC2)c(OC(C)C)n1. The highest BCUT2D eigenvalue weighted by molar-refractivity contribution is 5.37. The summed E-state index contributed by atoms with van der Waals surface area (Å²) < 4.78 is 16.4. The minimum Gasteiger partial charge on any atom is -0.485 e. The molecule has 4 nitrogen and oxygen atoms in total. The Morgan fingerprint density at radius 1 is 1.31 bits per heavy atom. The molecule has 88 valence electrons. The van der Waals surface area contributed by atoms with Gasteiger partial charge in [-0.3, -0.25) is 0 Å². The zero-order chi connectivity index (χ0) is 11.5. The van der Waals surface area contributed by atoms with E-state index in [4.69, 9.17) is 14.2 Å². The van der Waals surface area contributed by atoms with Crippen LogP contribution in [0.1, 0.15) is 26.7 Å². The molecule has 1 heterocycles. The van der Waals surface area contributed by atoms with Crippen LogP contribution in [0.4, 0.5) is 0 Å². The molecule has 1 aliphatic rings. The lowest BCUT2D eigenvalue weighted by Gasteiger charge is -2.14. The van der Waals surface area contributed by atoms with Crippen molar-refractivity contribution in [3.8, 4) is 17.5 Å². The van der Waals surface area contributed by atoms with Crippen molar-refractivity contribution in [2.45, 2.75) is 38.9 Å². The molecule has 0 aliphatic heterocycles. The van der Waals surface area contributed by atoms with E-state index in [0.717, 1.165) is 12.8 Å². The number of rotatable bonds is 5. The van der Waals surface area contributed by atoms with Crippen LogP contribution in [0.25, 0.3) is 0 Å². The van der Waals surface area contributed by atoms with Gasteiger partial charge in [-0.25, -0.2) is 0 Å². The standard InChI is InChI=1S/C12H17NO3/c1-8(2)15-12-10(16-9-4-5-9)6-7-11(13-12)14-3/h6-9H,4-5H2,1-3H3. The minimum absolute atomic E-state index is 0.0705. The van der Waals surface area contributed by atoms with E-state index in [1.807, 2.05) is 19.9 Å². The first kappa shape index (κ1) is 11.0. The predicted molar refractivity (Wildman–Crippen MR) is 60.2 cm³/mol. The second kappa shape index (κ2) is 4.60. The van der Waals surface area contributed by atoms with Crippen molar-refractivity contribution in [1.82, 2.24) is 4.98 Å². The molecule has 0 amide bonds. The van der Waals surface area contributed by atoms with Gasteiger partial charge < -0.3 is 14.2 Å². The molecule has 0 spiro atoms. The van der Waals surface area contributed by atoms with Crippen LogP contribution in [-0.2, 0) is 0 Å². The lowest BCUT2D eigenvalue weighted by Crippen LogP contribution is -2.09. The molecule has 0 unspecified atom stereocenters. The molecule has 0 N–H and O–H groups in total. The van der Waals surface area contributed by atoms with Gasteiger partial charge in [-0.05, 0) is 32.8 Å². The molecular weight excluding hydrogens is 206 g/mol. The Morgan fingerprint density at radius 3 is 2.62 bits per heavy atom. The zero-order valence-electron chi connectivity index (χ0n) is 9.90. The van der Waals surface area contributed by atoms with Crippen LogP contribution in [0.15, 0.2) is 12.1 Å². The van der Waals surface area contributed by atoms with Crippen LogP contribution in [0.5, 0.6) is 17.5 Å². The molecule has 16 heavy (non-hydrogen) atoms. The summed E-state index contributed by atoms with van der Waals surface area (Å²) in [6.07, 6.45) is 2.64. The Hall–Kier alpha value is -1.45. The molecule has 0 radical (unpaired) electrons. The van der Waals surface area contributed by atoms with Crippen molar-refractivity contribution < 1.29 is 14.2 Å². The molecule has 1 aromatic heterocycles. The van der Waals surface area contributed by atoms with Crippen LogP contribution in [0.3, 0.4) is 0 Å². The molecule has 2 rings (SSSR count). The first-order valence-corrected chi connectivity index (χ1v) is 5.57. The summed E-state index contributed by atoms with van der Waals surface area (Å²) in [5.74, 6) is 1.76. The highest BCUT2D eigenvalue weighted by atomic mass is 16.5. The predicted octanol–water partition coefficient (Wildman–Crippen LogP) is 2.42. The number of pyridine rings is 1. The van der Waals surface area contributed by atoms with Gasteiger partial charge in [0.2, 0.25) is 5.88 Å². The highest BCUT2D eigenvalue weighted by Crippen LogP contribution is 2.34. The van der Waals surface area contributed by atoms with Crippen molar-refractivity contribution >= 4 is 0 Å². The number of hydrogen-bond acceptors (Lipinski definition) is 4. The van der Waals surface area contributed by atoms with Gasteiger partial charge in [0.15, 0.2) is 5.75 Å². The highest BCUT2D eigenvalue weighted by Gasteiger charge is 2.25. The van der Waals surface area contributed by atoms with Crippen molar-refractivity contribution in [1.29, 1.82) is 0 Å². The lowest BCUT2D eigenvalue weighted by molar-refractivity contribution is 0.205. The Morgan fingerprint density at radius 2 is 2.06 bits per heavy atom. The van der Waals surface area contributed by atoms with E-state index in [1.54, 1.807) is 13.2 Å². The quantitative estimate of drug-likeness (QED) is 0.768. The first-order chi connectivity index (χ1) is 7.69. The van der Waals surface area contributed by atoms with E-state index in [9.17, 15) is 0 Å². The topological polar surface area (TPSA) is 40.6 Å². The van der Waals surface area contributed by atoms with Gasteiger partial charge in [-0.2, -0.15) is 4.98 Å². The summed E-state index contributed by atoms with van der Waals surface area (Å²) in [5.41, 5.74) is 0. The smallest absolute Gasteiger partial charge is 0.260 e. The van der Waals surface area contributed by atoms with Crippen LogP contribution >= 0.6 is 0 Å². The fourth-order valence-electron chi connectivity index (χ4n) is 1.29.